The van der Waals surface area contributed by atoms with E-state index in [0.717, 1.165) is 30.6 Å². The number of hydrogen-bond acceptors (Lipinski definition) is 5. The quantitative estimate of drug-likeness (QED) is 0.552. The van der Waals surface area contributed by atoms with Crippen LogP contribution in [0.25, 0.3) is 0 Å². The molecular weight excluding hydrogens is 458 g/mol. The number of aliphatic hydroxyl groups is 1. The molecular formula is C28H35N3O3S. The lowest BCUT2D eigenvalue weighted by atomic mass is 9.51. The molecule has 1 heterocycles. The highest BCUT2D eigenvalue weighted by atomic mass is 32.1. The number of fused-ring (bicyclic) bond motifs is 1. The van der Waals surface area contributed by atoms with E-state index in [4.69, 9.17) is 5.26 Å². The van der Waals surface area contributed by atoms with Crippen molar-refractivity contribution in [3.63, 3.8) is 0 Å². The van der Waals surface area contributed by atoms with Crippen LogP contribution in [0.3, 0.4) is 0 Å². The number of nitrogens with one attached hydrogen (secondary N) is 2. The maximum Gasteiger partial charge on any atom is 0.251 e. The molecule has 0 aliphatic heterocycles. The average molecular weight is 494 g/mol. The first kappa shape index (κ1) is 25.4. The Balaban J connectivity index is 1.42. The van der Waals surface area contributed by atoms with E-state index in [-0.39, 0.29) is 46.9 Å². The lowest BCUT2D eigenvalue weighted by Gasteiger charge is -2.56. The Morgan fingerprint density at radius 3 is 2.60 bits per heavy atom. The minimum absolute atomic E-state index is 0.00182. The number of carbonyl (C=O) groups is 2. The molecule has 0 radical (unpaired) electrons. The Kier molecular flexibility index (Phi) is 7.63. The molecule has 2 aliphatic rings. The first-order valence-electron chi connectivity index (χ1n) is 12.5. The summed E-state index contributed by atoms with van der Waals surface area (Å²) in [7, 11) is 0. The largest absolute Gasteiger partial charge is 0.392 e. The van der Waals surface area contributed by atoms with E-state index in [9.17, 15) is 14.7 Å². The molecule has 2 aliphatic carbocycles. The van der Waals surface area contributed by atoms with Crippen molar-refractivity contribution in [3.05, 3.63) is 57.8 Å². The van der Waals surface area contributed by atoms with Crippen molar-refractivity contribution in [2.45, 2.75) is 65.1 Å². The minimum atomic E-state index is -0.596. The van der Waals surface area contributed by atoms with E-state index >= 15 is 0 Å². The SMILES string of the molecule is C[C@H]1[C@@H]2[C@@H](O)C([C@H](C)C(=O)NCc3cccs3)CC[C@@]2(C)CC[C@@H]1NC(=O)c1ccc(C#N)cc1. The van der Waals surface area contributed by atoms with Gasteiger partial charge in [0.2, 0.25) is 5.91 Å². The van der Waals surface area contributed by atoms with Gasteiger partial charge in [-0.2, -0.15) is 5.26 Å². The third-order valence-electron chi connectivity index (χ3n) is 8.55. The molecule has 0 bridgehead atoms. The molecule has 3 N–H and O–H groups in total. The molecule has 1 aromatic heterocycles. The number of hydrogen-bond donors (Lipinski definition) is 3. The number of benzene rings is 1. The van der Waals surface area contributed by atoms with Gasteiger partial charge in [0.15, 0.2) is 0 Å². The van der Waals surface area contributed by atoms with Gasteiger partial charge in [0, 0.05) is 22.4 Å². The summed E-state index contributed by atoms with van der Waals surface area (Å²) in [5.74, 6) is -0.468. The molecule has 2 fully saturated rings. The number of nitriles is 1. The highest BCUT2D eigenvalue weighted by Gasteiger charge is 2.53. The van der Waals surface area contributed by atoms with Gasteiger partial charge in [-0.15, -0.1) is 11.3 Å². The van der Waals surface area contributed by atoms with Crippen LogP contribution in [0.4, 0.5) is 0 Å². The van der Waals surface area contributed by atoms with Crippen LogP contribution < -0.4 is 10.6 Å². The van der Waals surface area contributed by atoms with Gasteiger partial charge in [0.1, 0.15) is 0 Å². The standard InChI is InChI=1S/C28H35N3O3S/c1-17(26(33)30-16-21-5-4-14-35-21)22-10-12-28(3)13-11-23(18(2)24(28)25(22)32)31-27(34)20-8-6-19(15-29)7-9-20/h4-9,14,17-18,22-25,32H,10-13,16H2,1-3H3,(H,30,33)(H,31,34)/t17-,18+,22?,23-,24+,25-,28-/m0/s1. The van der Waals surface area contributed by atoms with Crippen molar-refractivity contribution in [2.75, 3.05) is 0 Å². The Hall–Kier alpha value is -2.69. The number of rotatable bonds is 6. The Labute approximate surface area is 211 Å². The molecule has 7 heteroatoms. The number of thiophene rings is 1. The predicted octanol–water partition coefficient (Wildman–Crippen LogP) is 4.49. The Morgan fingerprint density at radius 1 is 1.23 bits per heavy atom. The zero-order valence-corrected chi connectivity index (χ0v) is 21.5. The van der Waals surface area contributed by atoms with Gasteiger partial charge in [-0.25, -0.2) is 0 Å². The zero-order valence-electron chi connectivity index (χ0n) is 20.7. The fourth-order valence-electron chi connectivity index (χ4n) is 6.39. The van der Waals surface area contributed by atoms with Crippen LogP contribution in [0, 0.1) is 40.4 Å². The van der Waals surface area contributed by atoms with Crippen LogP contribution in [0.5, 0.6) is 0 Å². The fourth-order valence-corrected chi connectivity index (χ4v) is 7.03. The summed E-state index contributed by atoms with van der Waals surface area (Å²) in [6.07, 6.45) is 3.01. The lowest BCUT2D eigenvalue weighted by molar-refractivity contribution is -0.142. The van der Waals surface area contributed by atoms with Crippen molar-refractivity contribution in [1.82, 2.24) is 10.6 Å². The topological polar surface area (TPSA) is 102 Å². The van der Waals surface area contributed by atoms with Gasteiger partial charge < -0.3 is 15.7 Å². The summed E-state index contributed by atoms with van der Waals surface area (Å²) < 4.78 is 0. The van der Waals surface area contributed by atoms with Crippen molar-refractivity contribution < 1.29 is 14.7 Å². The first-order valence-corrected chi connectivity index (χ1v) is 13.4. The Morgan fingerprint density at radius 2 is 1.94 bits per heavy atom. The van der Waals surface area contributed by atoms with E-state index < -0.39 is 6.10 Å². The van der Waals surface area contributed by atoms with Gasteiger partial charge in [0.05, 0.1) is 24.3 Å². The second kappa shape index (κ2) is 10.5. The van der Waals surface area contributed by atoms with Crippen molar-refractivity contribution in [1.29, 1.82) is 5.26 Å². The third kappa shape index (κ3) is 5.29. The number of aliphatic hydroxyl groups excluding tert-OH is 1. The van der Waals surface area contributed by atoms with Gasteiger partial charge in [0.25, 0.3) is 5.91 Å². The van der Waals surface area contributed by atoms with Gasteiger partial charge in [-0.3, -0.25) is 9.59 Å². The van der Waals surface area contributed by atoms with Crippen molar-refractivity contribution in [2.24, 2.45) is 29.1 Å². The van der Waals surface area contributed by atoms with Crippen LogP contribution >= 0.6 is 11.3 Å². The molecule has 1 aromatic carbocycles. The first-order chi connectivity index (χ1) is 16.7. The van der Waals surface area contributed by atoms with E-state index in [1.807, 2.05) is 24.4 Å². The fraction of sp³-hybridized carbons (Fsp3) is 0.536. The van der Waals surface area contributed by atoms with Crippen LogP contribution in [-0.4, -0.2) is 29.1 Å². The van der Waals surface area contributed by atoms with Crippen molar-refractivity contribution >= 4 is 23.2 Å². The molecule has 2 saturated carbocycles. The number of carbonyl (C=O) groups excluding carboxylic acids is 2. The second-order valence-corrected chi connectivity index (χ2v) is 11.7. The van der Waals surface area contributed by atoms with E-state index in [2.05, 4.69) is 30.6 Å². The van der Waals surface area contributed by atoms with Crippen LogP contribution in [0.2, 0.25) is 0 Å². The third-order valence-corrected chi connectivity index (χ3v) is 9.43. The number of amides is 2. The summed E-state index contributed by atoms with van der Waals surface area (Å²) in [6, 6.07) is 12.6. The molecule has 7 atom stereocenters. The van der Waals surface area contributed by atoms with E-state index in [0.29, 0.717) is 17.7 Å². The normalized spacial score (nSPS) is 31.0. The minimum Gasteiger partial charge on any atom is -0.392 e. The summed E-state index contributed by atoms with van der Waals surface area (Å²) in [6.45, 7) is 6.83. The van der Waals surface area contributed by atoms with Crippen molar-refractivity contribution in [3.8, 4) is 6.07 Å². The molecule has 186 valence electrons. The molecule has 1 unspecified atom stereocenters. The highest BCUT2D eigenvalue weighted by molar-refractivity contribution is 7.09. The molecule has 2 aromatic rings. The molecule has 0 spiro atoms. The monoisotopic (exact) mass is 493 g/mol. The van der Waals surface area contributed by atoms with Gasteiger partial charge in [-0.1, -0.05) is 26.8 Å². The number of nitrogens with zero attached hydrogens (tertiary/aromatic N) is 1. The van der Waals surface area contributed by atoms with Gasteiger partial charge >= 0.3 is 0 Å². The average Bonchev–Trinajstić information content (AvgIpc) is 3.38. The predicted molar refractivity (Wildman–Crippen MR) is 136 cm³/mol. The van der Waals surface area contributed by atoms with Crippen LogP contribution in [0.15, 0.2) is 41.8 Å². The molecule has 6 nitrogen and oxygen atoms in total. The highest BCUT2D eigenvalue weighted by Crippen LogP contribution is 2.55. The zero-order chi connectivity index (χ0) is 25.2. The summed E-state index contributed by atoms with van der Waals surface area (Å²) >= 11 is 1.62. The molecule has 35 heavy (non-hydrogen) atoms. The van der Waals surface area contributed by atoms with E-state index in [1.165, 1.54) is 0 Å². The van der Waals surface area contributed by atoms with Crippen LogP contribution in [-0.2, 0) is 11.3 Å². The summed E-state index contributed by atoms with van der Waals surface area (Å²) in [5.41, 5.74) is 1.05. The van der Waals surface area contributed by atoms with E-state index in [1.54, 1.807) is 35.6 Å². The summed E-state index contributed by atoms with van der Waals surface area (Å²) in [4.78, 5) is 26.9. The molecule has 4 rings (SSSR count). The van der Waals surface area contributed by atoms with Crippen LogP contribution in [0.1, 0.15) is 67.3 Å². The molecule has 0 saturated heterocycles. The second-order valence-electron chi connectivity index (χ2n) is 10.6. The molecule has 2 amide bonds. The lowest BCUT2D eigenvalue weighted by Crippen LogP contribution is -2.58. The summed E-state index contributed by atoms with van der Waals surface area (Å²) in [5, 5.41) is 28.8. The Bertz CT molecular complexity index is 1080. The smallest absolute Gasteiger partial charge is 0.251 e. The maximum atomic E-state index is 12.9. The maximum absolute atomic E-state index is 12.9. The van der Waals surface area contributed by atoms with Gasteiger partial charge in [-0.05, 0) is 84.6 Å².